The van der Waals surface area contributed by atoms with Gasteiger partial charge in [-0.25, -0.2) is 0 Å². The highest BCUT2D eigenvalue weighted by atomic mass is 16.3. The van der Waals surface area contributed by atoms with Crippen LogP contribution in [-0.2, 0) is 0 Å². The molecule has 4 nitrogen and oxygen atoms in total. The second kappa shape index (κ2) is 12.6. The van der Waals surface area contributed by atoms with Gasteiger partial charge in [-0.3, -0.25) is 0 Å². The first kappa shape index (κ1) is 32.2. The molecule has 56 heavy (non-hydrogen) atoms. The number of anilines is 6. The van der Waals surface area contributed by atoms with Gasteiger partial charge in [0.25, 0.3) is 0 Å². The highest BCUT2D eigenvalue weighted by Crippen LogP contribution is 2.44. The average Bonchev–Trinajstić information content (AvgIpc) is 3.78. The molecular weight excluding hydrogens is 685 g/mol. The summed E-state index contributed by atoms with van der Waals surface area (Å²) in [5.74, 6) is 0. The molecule has 0 aliphatic heterocycles. The van der Waals surface area contributed by atoms with Gasteiger partial charge in [0.2, 0.25) is 0 Å². The van der Waals surface area contributed by atoms with E-state index in [1.807, 2.05) is 12.1 Å². The fourth-order valence-electron chi connectivity index (χ4n) is 8.31. The molecule has 0 saturated heterocycles. The molecule has 0 radical (unpaired) electrons. The Balaban J connectivity index is 1.04. The minimum atomic E-state index is 0.850. The third-order valence-electron chi connectivity index (χ3n) is 11.1. The summed E-state index contributed by atoms with van der Waals surface area (Å²) in [7, 11) is 0. The molecule has 0 N–H and O–H groups in total. The van der Waals surface area contributed by atoms with E-state index in [9.17, 15) is 0 Å². The van der Waals surface area contributed by atoms with Gasteiger partial charge in [0.05, 0.1) is 0 Å². The van der Waals surface area contributed by atoms with Crippen molar-refractivity contribution in [2.24, 2.45) is 0 Å². The predicted octanol–water partition coefficient (Wildman–Crippen LogP) is 15.3. The van der Waals surface area contributed by atoms with Crippen LogP contribution in [0.15, 0.2) is 191 Å². The molecule has 0 bridgehead atoms. The highest BCUT2D eigenvalue weighted by molar-refractivity contribution is 6.27. The summed E-state index contributed by atoms with van der Waals surface area (Å²) >= 11 is 0. The van der Waals surface area contributed by atoms with Crippen molar-refractivity contribution in [1.29, 1.82) is 0 Å². The van der Waals surface area contributed by atoms with E-state index in [1.54, 1.807) is 0 Å². The minimum Gasteiger partial charge on any atom is -0.456 e. The van der Waals surface area contributed by atoms with Crippen LogP contribution >= 0.6 is 0 Å². The highest BCUT2D eigenvalue weighted by Gasteiger charge is 2.20. The average molecular weight is 721 g/mol. The topological polar surface area (TPSA) is 32.8 Å². The molecule has 0 spiro atoms. The quantitative estimate of drug-likeness (QED) is 0.171. The number of nitrogens with zero attached hydrogens (tertiary/aromatic N) is 2. The van der Waals surface area contributed by atoms with Gasteiger partial charge in [0.1, 0.15) is 22.3 Å². The van der Waals surface area contributed by atoms with E-state index < -0.39 is 0 Å². The first-order valence-electron chi connectivity index (χ1n) is 19.1. The van der Waals surface area contributed by atoms with Crippen LogP contribution in [0.2, 0.25) is 0 Å². The fourth-order valence-corrected chi connectivity index (χ4v) is 8.31. The lowest BCUT2D eigenvalue weighted by Crippen LogP contribution is -2.09. The smallest absolute Gasteiger partial charge is 0.136 e. The molecular formula is C52H36N2O2. The normalized spacial score (nSPS) is 11.8. The lowest BCUT2D eigenvalue weighted by Gasteiger charge is -2.26. The molecule has 0 amide bonds. The predicted molar refractivity (Wildman–Crippen MR) is 235 cm³/mol. The van der Waals surface area contributed by atoms with Crippen molar-refractivity contribution >= 4 is 99.5 Å². The lowest BCUT2D eigenvalue weighted by atomic mass is 10.0. The summed E-state index contributed by atoms with van der Waals surface area (Å²) in [6.45, 7) is 4.24. The van der Waals surface area contributed by atoms with Crippen molar-refractivity contribution in [3.63, 3.8) is 0 Å². The van der Waals surface area contributed by atoms with Gasteiger partial charge in [0.15, 0.2) is 0 Å². The zero-order valence-corrected chi connectivity index (χ0v) is 31.0. The Hall–Kier alpha value is -7.30. The van der Waals surface area contributed by atoms with Gasteiger partial charge >= 0.3 is 0 Å². The van der Waals surface area contributed by atoms with Gasteiger partial charge in [-0.15, -0.1) is 0 Å². The van der Waals surface area contributed by atoms with Crippen LogP contribution in [0.1, 0.15) is 11.1 Å². The zero-order chi connectivity index (χ0) is 37.3. The number of hydrogen-bond donors (Lipinski definition) is 0. The van der Waals surface area contributed by atoms with Crippen LogP contribution in [0.3, 0.4) is 0 Å². The van der Waals surface area contributed by atoms with Crippen LogP contribution in [0.5, 0.6) is 0 Å². The molecule has 0 fully saturated rings. The number of para-hydroxylation sites is 2. The first-order chi connectivity index (χ1) is 27.5. The molecule has 266 valence electrons. The molecule has 11 aromatic rings. The molecule has 0 atom stereocenters. The van der Waals surface area contributed by atoms with E-state index in [0.717, 1.165) is 99.5 Å². The summed E-state index contributed by atoms with van der Waals surface area (Å²) in [5, 5.41) is 8.87. The van der Waals surface area contributed by atoms with Gasteiger partial charge in [-0.05, 0) is 145 Å². The van der Waals surface area contributed by atoms with E-state index in [0.29, 0.717) is 0 Å². The maximum absolute atomic E-state index is 6.63. The van der Waals surface area contributed by atoms with Crippen LogP contribution in [0, 0.1) is 13.8 Å². The number of rotatable bonds is 6. The van der Waals surface area contributed by atoms with E-state index in [-0.39, 0.29) is 0 Å². The number of benzene rings is 9. The molecule has 0 saturated carbocycles. The van der Waals surface area contributed by atoms with Gasteiger partial charge < -0.3 is 18.6 Å². The molecule has 0 unspecified atom stereocenters. The Kier molecular flexibility index (Phi) is 7.26. The van der Waals surface area contributed by atoms with Crippen LogP contribution in [0.25, 0.3) is 65.4 Å². The third kappa shape index (κ3) is 5.30. The van der Waals surface area contributed by atoms with Gasteiger partial charge in [-0.2, -0.15) is 0 Å². The van der Waals surface area contributed by atoms with Gasteiger partial charge in [-0.1, -0.05) is 83.9 Å². The Morgan fingerprint density at radius 2 is 0.679 bits per heavy atom. The third-order valence-corrected chi connectivity index (χ3v) is 11.1. The molecule has 0 aliphatic rings. The van der Waals surface area contributed by atoms with E-state index in [2.05, 4.69) is 194 Å². The second-order valence-electron chi connectivity index (χ2n) is 14.8. The Morgan fingerprint density at radius 1 is 0.304 bits per heavy atom. The van der Waals surface area contributed by atoms with E-state index >= 15 is 0 Å². The van der Waals surface area contributed by atoms with E-state index in [1.165, 1.54) is 11.1 Å². The van der Waals surface area contributed by atoms with Crippen molar-refractivity contribution in [2.75, 3.05) is 9.80 Å². The second-order valence-corrected chi connectivity index (χ2v) is 14.8. The molecule has 2 aromatic heterocycles. The van der Waals surface area contributed by atoms with Crippen molar-refractivity contribution in [3.8, 4) is 0 Å². The zero-order valence-electron chi connectivity index (χ0n) is 31.0. The van der Waals surface area contributed by atoms with Crippen LogP contribution < -0.4 is 9.80 Å². The van der Waals surface area contributed by atoms with Crippen molar-refractivity contribution < 1.29 is 8.83 Å². The molecule has 9 aromatic carbocycles. The fraction of sp³-hybridized carbons (Fsp3) is 0.0385. The van der Waals surface area contributed by atoms with Gasteiger partial charge in [0, 0.05) is 55.7 Å². The SMILES string of the molecule is Cc1ccc(N(c2ccccc2)c2ccc3cc4c(cc3c2)oc2ccc3oc5cc6cc(N(c7ccccc7)c7ccc(C)cc7)ccc6cc5c3c24)cc1. The number of furan rings is 2. The van der Waals surface area contributed by atoms with E-state index in [4.69, 9.17) is 8.83 Å². The Morgan fingerprint density at radius 3 is 1.09 bits per heavy atom. The lowest BCUT2D eigenvalue weighted by molar-refractivity contribution is 0.663. The maximum Gasteiger partial charge on any atom is 0.136 e. The summed E-state index contributed by atoms with van der Waals surface area (Å²) in [5.41, 5.74) is 12.5. The van der Waals surface area contributed by atoms with Crippen molar-refractivity contribution in [2.45, 2.75) is 13.8 Å². The molecule has 2 heterocycles. The standard InChI is InChI=1S/C52H36N2O2/c1-33-13-19-41(20-14-33)53(39-9-5-3-6-10-39)43-23-17-35-29-45-49(31-37(35)27-43)55-47-25-26-48-52(51(45)47)46-30-36-18-24-44(28-38(36)32-50(46)56-48)54(40-11-7-4-8-12-40)42-21-15-34(2)16-22-42/h3-32H,1-2H3. The Bertz CT molecular complexity index is 3030. The van der Waals surface area contributed by atoms with Crippen molar-refractivity contribution in [3.05, 3.63) is 193 Å². The van der Waals surface area contributed by atoms with Crippen LogP contribution in [-0.4, -0.2) is 0 Å². The van der Waals surface area contributed by atoms with Crippen molar-refractivity contribution in [1.82, 2.24) is 0 Å². The molecule has 11 rings (SSSR count). The summed E-state index contributed by atoms with van der Waals surface area (Å²) < 4.78 is 13.3. The maximum atomic E-state index is 6.63. The summed E-state index contributed by atoms with van der Waals surface area (Å²) in [4.78, 5) is 4.61. The minimum absolute atomic E-state index is 0.850. The largest absolute Gasteiger partial charge is 0.456 e. The summed E-state index contributed by atoms with van der Waals surface area (Å²) in [6, 6.07) is 64.8. The first-order valence-corrected chi connectivity index (χ1v) is 19.1. The molecule has 4 heteroatoms. The monoisotopic (exact) mass is 720 g/mol. The number of aryl methyl sites for hydroxylation is 2. The summed E-state index contributed by atoms with van der Waals surface area (Å²) in [6.07, 6.45) is 0. The molecule has 0 aliphatic carbocycles. The van der Waals surface area contributed by atoms with Crippen LogP contribution in [0.4, 0.5) is 34.1 Å². The number of hydrogen-bond acceptors (Lipinski definition) is 4. The Labute approximate surface area is 324 Å². The number of fused-ring (bicyclic) bond motifs is 9.